The van der Waals surface area contributed by atoms with E-state index in [9.17, 15) is 22.4 Å². The monoisotopic (exact) mass is 394 g/mol. The second-order valence-corrected chi connectivity index (χ2v) is 7.24. The number of sulfonamides is 1. The highest BCUT2D eigenvalue weighted by Crippen LogP contribution is 2.13. The molecule has 2 amide bonds. The first-order valence-electron chi connectivity index (χ1n) is 8.04. The number of nitrogens with one attached hydrogen (secondary N) is 3. The van der Waals surface area contributed by atoms with Crippen LogP contribution >= 0.6 is 0 Å². The lowest BCUT2D eigenvalue weighted by molar-refractivity contribution is -0.122. The summed E-state index contributed by atoms with van der Waals surface area (Å²) in [6.45, 7) is 1.57. The first-order chi connectivity index (χ1) is 12.8. The summed E-state index contributed by atoms with van der Waals surface area (Å²) in [5.41, 5.74) is 0.384. The van der Waals surface area contributed by atoms with Crippen LogP contribution in [0.4, 0.5) is 4.39 Å². The van der Waals surface area contributed by atoms with Crippen LogP contribution in [-0.4, -0.2) is 44.3 Å². The smallest absolute Gasteiger partial charge is 0.252 e. The summed E-state index contributed by atoms with van der Waals surface area (Å²) < 4.78 is 40.0. The van der Waals surface area contributed by atoms with Crippen molar-refractivity contribution in [1.29, 1.82) is 0 Å². The molecule has 0 unspecified atom stereocenters. The minimum atomic E-state index is -4.18. The van der Waals surface area contributed by atoms with Crippen molar-refractivity contribution in [3.05, 3.63) is 60.2 Å². The summed E-state index contributed by atoms with van der Waals surface area (Å²) in [4.78, 5) is 27.1. The molecule has 0 bridgehead atoms. The maximum Gasteiger partial charge on any atom is 0.252 e. The number of carbonyl (C=O) groups excluding carboxylic acids is 2. The van der Waals surface area contributed by atoms with Crippen LogP contribution < -0.4 is 15.4 Å². The second-order valence-electron chi connectivity index (χ2n) is 5.56. The third-order valence-corrected chi connectivity index (χ3v) is 5.06. The van der Waals surface area contributed by atoms with E-state index in [1.54, 1.807) is 18.3 Å². The lowest BCUT2D eigenvalue weighted by atomic mass is 10.3. The van der Waals surface area contributed by atoms with E-state index < -0.39 is 32.7 Å². The molecule has 27 heavy (non-hydrogen) atoms. The molecule has 144 valence electrons. The van der Waals surface area contributed by atoms with Crippen LogP contribution in [0.2, 0.25) is 0 Å². The summed E-state index contributed by atoms with van der Waals surface area (Å²) >= 11 is 0. The summed E-state index contributed by atoms with van der Waals surface area (Å²) in [5, 5.41) is 5.08. The van der Waals surface area contributed by atoms with Crippen molar-refractivity contribution in [2.45, 2.75) is 17.9 Å². The minimum Gasteiger partial charge on any atom is -0.353 e. The van der Waals surface area contributed by atoms with Gasteiger partial charge in [-0.15, -0.1) is 0 Å². The van der Waals surface area contributed by atoms with Gasteiger partial charge in [0.15, 0.2) is 0 Å². The van der Waals surface area contributed by atoms with Crippen LogP contribution in [0.5, 0.6) is 0 Å². The van der Waals surface area contributed by atoms with Crippen molar-refractivity contribution in [3.8, 4) is 0 Å². The third-order valence-electron chi connectivity index (χ3n) is 3.48. The number of amides is 2. The summed E-state index contributed by atoms with van der Waals surface area (Å²) in [5.74, 6) is -1.85. The van der Waals surface area contributed by atoms with E-state index in [0.717, 1.165) is 12.1 Å². The molecule has 0 aliphatic rings. The molecule has 0 saturated heterocycles. The summed E-state index contributed by atoms with van der Waals surface area (Å²) in [6.07, 6.45) is 2.95. The molecule has 0 radical (unpaired) electrons. The predicted molar refractivity (Wildman–Crippen MR) is 95.8 cm³/mol. The number of hydrogen-bond donors (Lipinski definition) is 3. The van der Waals surface area contributed by atoms with E-state index >= 15 is 0 Å². The van der Waals surface area contributed by atoms with Crippen LogP contribution in [0.25, 0.3) is 0 Å². The van der Waals surface area contributed by atoms with Crippen molar-refractivity contribution < 1.29 is 22.4 Å². The highest BCUT2D eigenvalue weighted by Gasteiger charge is 2.24. The van der Waals surface area contributed by atoms with Crippen molar-refractivity contribution in [2.75, 3.05) is 13.1 Å². The van der Waals surface area contributed by atoms with Crippen molar-refractivity contribution in [1.82, 2.24) is 20.3 Å². The zero-order valence-electron chi connectivity index (χ0n) is 14.5. The van der Waals surface area contributed by atoms with E-state index in [-0.39, 0.29) is 19.0 Å². The molecule has 0 aliphatic heterocycles. The molecule has 1 heterocycles. The zero-order valence-corrected chi connectivity index (χ0v) is 15.3. The fraction of sp³-hybridized carbons (Fsp3) is 0.235. The van der Waals surface area contributed by atoms with Gasteiger partial charge in [0.05, 0.1) is 11.6 Å². The number of carbonyl (C=O) groups is 2. The van der Waals surface area contributed by atoms with Gasteiger partial charge in [0.1, 0.15) is 10.7 Å². The van der Waals surface area contributed by atoms with Gasteiger partial charge in [-0.25, -0.2) is 12.8 Å². The first-order valence-corrected chi connectivity index (χ1v) is 9.52. The molecule has 1 aromatic carbocycles. The average molecular weight is 394 g/mol. The number of rotatable bonds is 8. The highest BCUT2D eigenvalue weighted by molar-refractivity contribution is 7.89. The van der Waals surface area contributed by atoms with Crippen LogP contribution in [0.3, 0.4) is 0 Å². The Labute approximate surface area is 156 Å². The Morgan fingerprint density at radius 2 is 1.81 bits per heavy atom. The third kappa shape index (κ3) is 5.83. The Bertz CT molecular complexity index is 906. The Morgan fingerprint density at radius 3 is 2.48 bits per heavy atom. The Hall–Kier alpha value is -2.85. The first kappa shape index (κ1) is 20.5. The standard InChI is InChI=1S/C17H19FN4O4S/c1-12(22-27(25,26)15-7-3-2-6-14(15)18)16(23)20-9-10-21-17(24)13-5-4-8-19-11-13/h2-8,11-12,22H,9-10H2,1H3,(H,20,23)(H,21,24)/t12-/m0/s1. The van der Waals surface area contributed by atoms with Crippen LogP contribution in [0.15, 0.2) is 53.7 Å². The van der Waals surface area contributed by atoms with Gasteiger partial charge in [-0.1, -0.05) is 12.1 Å². The Balaban J connectivity index is 1.80. The van der Waals surface area contributed by atoms with Crippen molar-refractivity contribution in [3.63, 3.8) is 0 Å². The van der Waals surface area contributed by atoms with Crippen LogP contribution in [-0.2, 0) is 14.8 Å². The maximum absolute atomic E-state index is 13.6. The largest absolute Gasteiger partial charge is 0.353 e. The minimum absolute atomic E-state index is 0.0939. The van der Waals surface area contributed by atoms with E-state index in [1.165, 1.54) is 25.3 Å². The quantitative estimate of drug-likeness (QED) is 0.562. The van der Waals surface area contributed by atoms with Gasteiger partial charge < -0.3 is 10.6 Å². The molecular weight excluding hydrogens is 375 g/mol. The molecule has 0 spiro atoms. The molecule has 2 aromatic rings. The number of pyridine rings is 1. The molecule has 1 atom stereocenters. The molecule has 0 fully saturated rings. The topological polar surface area (TPSA) is 117 Å². The van der Waals surface area contributed by atoms with Gasteiger partial charge in [-0.05, 0) is 31.2 Å². The number of halogens is 1. The SMILES string of the molecule is C[C@H](NS(=O)(=O)c1ccccc1F)C(=O)NCCNC(=O)c1cccnc1. The lowest BCUT2D eigenvalue weighted by Gasteiger charge is -2.15. The molecule has 1 aromatic heterocycles. The summed E-state index contributed by atoms with van der Waals surface area (Å²) in [7, 11) is -4.18. The molecule has 3 N–H and O–H groups in total. The van der Waals surface area contributed by atoms with Gasteiger partial charge in [0.2, 0.25) is 15.9 Å². The molecule has 2 rings (SSSR count). The average Bonchev–Trinajstić information content (AvgIpc) is 2.65. The second kappa shape index (κ2) is 9.19. The highest BCUT2D eigenvalue weighted by atomic mass is 32.2. The Kier molecular flexibility index (Phi) is 6.97. The van der Waals surface area contributed by atoms with E-state index in [0.29, 0.717) is 5.56 Å². The van der Waals surface area contributed by atoms with Crippen molar-refractivity contribution in [2.24, 2.45) is 0 Å². The van der Waals surface area contributed by atoms with E-state index in [2.05, 4.69) is 20.3 Å². The fourth-order valence-electron chi connectivity index (χ4n) is 2.13. The van der Waals surface area contributed by atoms with Gasteiger partial charge in [0, 0.05) is 25.5 Å². The van der Waals surface area contributed by atoms with Gasteiger partial charge in [-0.2, -0.15) is 4.72 Å². The predicted octanol–water partition coefficient (Wildman–Crippen LogP) is 0.434. The summed E-state index contributed by atoms with van der Waals surface area (Å²) in [6, 6.07) is 6.97. The number of aromatic nitrogens is 1. The van der Waals surface area contributed by atoms with Crippen LogP contribution in [0.1, 0.15) is 17.3 Å². The number of hydrogen-bond acceptors (Lipinski definition) is 5. The normalized spacial score (nSPS) is 12.2. The zero-order chi connectivity index (χ0) is 19.9. The van der Waals surface area contributed by atoms with E-state index in [1.807, 2.05) is 0 Å². The number of benzene rings is 1. The van der Waals surface area contributed by atoms with Crippen LogP contribution in [0, 0.1) is 5.82 Å². The van der Waals surface area contributed by atoms with Crippen molar-refractivity contribution >= 4 is 21.8 Å². The van der Waals surface area contributed by atoms with Gasteiger partial charge >= 0.3 is 0 Å². The van der Waals surface area contributed by atoms with E-state index in [4.69, 9.17) is 0 Å². The molecule has 8 nitrogen and oxygen atoms in total. The molecular formula is C17H19FN4O4S. The van der Waals surface area contributed by atoms with Gasteiger partial charge in [0.25, 0.3) is 5.91 Å². The maximum atomic E-state index is 13.6. The number of nitrogens with zero attached hydrogens (tertiary/aromatic N) is 1. The molecule has 10 heteroatoms. The Morgan fingerprint density at radius 1 is 1.11 bits per heavy atom. The van der Waals surface area contributed by atoms with Gasteiger partial charge in [-0.3, -0.25) is 14.6 Å². The lowest BCUT2D eigenvalue weighted by Crippen LogP contribution is -2.46. The fourth-order valence-corrected chi connectivity index (χ4v) is 3.41. The molecule has 0 aliphatic carbocycles. The molecule has 0 saturated carbocycles.